The van der Waals surface area contributed by atoms with Gasteiger partial charge in [0, 0.05) is 11.1 Å². The van der Waals surface area contributed by atoms with E-state index in [9.17, 15) is 4.79 Å². The number of benzene rings is 1. The molecule has 108 valence electrons. The van der Waals surface area contributed by atoms with Crippen molar-refractivity contribution in [2.45, 2.75) is 51.4 Å². The van der Waals surface area contributed by atoms with Gasteiger partial charge in [0.05, 0.1) is 6.04 Å². The first-order valence-electron chi connectivity index (χ1n) is 7.43. The number of rotatable bonds is 3. The first-order chi connectivity index (χ1) is 9.60. The van der Waals surface area contributed by atoms with E-state index in [0.29, 0.717) is 6.04 Å². The quantitative estimate of drug-likeness (QED) is 0.926. The highest BCUT2D eigenvalue weighted by Crippen LogP contribution is 2.39. The van der Waals surface area contributed by atoms with Crippen LogP contribution in [0.2, 0.25) is 5.02 Å². The summed E-state index contributed by atoms with van der Waals surface area (Å²) in [4.78, 5) is 14.6. The standard InChI is InChI=1S/C16H21ClN2O/c1-3-14-16(20)19(13-7-10(2)8-13)15(18-14)11-5-4-6-12(17)9-11/h4-6,9-10,13-15,18H,3,7-8H2,1-2H3. The SMILES string of the molecule is CCC1NC(c2cccc(Cl)c2)N(C2CC(C)C2)C1=O. The van der Waals surface area contributed by atoms with E-state index in [1.54, 1.807) is 0 Å². The molecule has 1 amide bonds. The molecule has 2 fully saturated rings. The summed E-state index contributed by atoms with van der Waals surface area (Å²) in [5.74, 6) is 0.975. The van der Waals surface area contributed by atoms with Crippen molar-refractivity contribution in [3.63, 3.8) is 0 Å². The van der Waals surface area contributed by atoms with Crippen molar-refractivity contribution < 1.29 is 4.79 Å². The van der Waals surface area contributed by atoms with Crippen molar-refractivity contribution in [2.24, 2.45) is 5.92 Å². The van der Waals surface area contributed by atoms with Gasteiger partial charge in [0.25, 0.3) is 0 Å². The molecular formula is C16H21ClN2O. The zero-order valence-corrected chi connectivity index (χ0v) is 12.7. The van der Waals surface area contributed by atoms with Crippen LogP contribution >= 0.6 is 11.6 Å². The van der Waals surface area contributed by atoms with Gasteiger partial charge in [-0.1, -0.05) is 37.6 Å². The first kappa shape index (κ1) is 13.9. The first-order valence-corrected chi connectivity index (χ1v) is 7.81. The second-order valence-electron chi connectivity index (χ2n) is 6.06. The Hall–Kier alpha value is -1.06. The van der Waals surface area contributed by atoms with Gasteiger partial charge in [-0.25, -0.2) is 0 Å². The predicted molar refractivity (Wildman–Crippen MR) is 80.4 cm³/mol. The van der Waals surface area contributed by atoms with Gasteiger partial charge < -0.3 is 4.90 Å². The number of hydrogen-bond donors (Lipinski definition) is 1. The Balaban J connectivity index is 1.89. The summed E-state index contributed by atoms with van der Waals surface area (Å²) < 4.78 is 0. The molecule has 0 spiro atoms. The maximum absolute atomic E-state index is 12.6. The molecule has 3 rings (SSSR count). The molecule has 1 aliphatic carbocycles. The van der Waals surface area contributed by atoms with Crippen molar-refractivity contribution >= 4 is 17.5 Å². The van der Waals surface area contributed by atoms with Crippen molar-refractivity contribution in [3.8, 4) is 0 Å². The highest BCUT2D eigenvalue weighted by atomic mass is 35.5. The minimum Gasteiger partial charge on any atom is -0.319 e. The molecule has 2 atom stereocenters. The van der Waals surface area contributed by atoms with Crippen molar-refractivity contribution in [2.75, 3.05) is 0 Å². The fourth-order valence-corrected chi connectivity index (χ4v) is 3.55. The monoisotopic (exact) mass is 292 g/mol. The van der Waals surface area contributed by atoms with Gasteiger partial charge >= 0.3 is 0 Å². The van der Waals surface area contributed by atoms with Gasteiger partial charge in [-0.2, -0.15) is 0 Å². The molecular weight excluding hydrogens is 272 g/mol. The van der Waals surface area contributed by atoms with Gasteiger partial charge in [-0.05, 0) is 42.9 Å². The number of nitrogens with one attached hydrogen (secondary N) is 1. The normalized spacial score (nSPS) is 33.4. The molecule has 0 bridgehead atoms. The van der Waals surface area contributed by atoms with Crippen LogP contribution in [0.3, 0.4) is 0 Å². The highest BCUT2D eigenvalue weighted by Gasteiger charge is 2.45. The molecule has 1 N–H and O–H groups in total. The van der Waals surface area contributed by atoms with Crippen molar-refractivity contribution in [1.82, 2.24) is 10.2 Å². The Bertz CT molecular complexity index is 513. The van der Waals surface area contributed by atoms with Crippen LogP contribution in [0, 0.1) is 5.92 Å². The third-order valence-corrected chi connectivity index (χ3v) is 4.74. The fraction of sp³-hybridized carbons (Fsp3) is 0.562. The summed E-state index contributed by atoms with van der Waals surface area (Å²) in [6, 6.07) is 8.14. The topological polar surface area (TPSA) is 32.3 Å². The van der Waals surface area contributed by atoms with E-state index in [4.69, 9.17) is 11.6 Å². The number of nitrogens with zero attached hydrogens (tertiary/aromatic N) is 1. The minimum atomic E-state index is -0.0603. The lowest BCUT2D eigenvalue weighted by Gasteiger charge is -2.42. The Morgan fingerprint density at radius 3 is 2.75 bits per heavy atom. The molecule has 4 heteroatoms. The molecule has 1 saturated heterocycles. The Kier molecular flexibility index (Phi) is 3.74. The number of hydrogen-bond acceptors (Lipinski definition) is 2. The van der Waals surface area contributed by atoms with Crippen molar-refractivity contribution in [1.29, 1.82) is 0 Å². The molecule has 0 aromatic heterocycles. The van der Waals surface area contributed by atoms with Gasteiger partial charge in [-0.3, -0.25) is 10.1 Å². The zero-order chi connectivity index (χ0) is 14.3. The van der Waals surface area contributed by atoms with Crippen LogP contribution < -0.4 is 5.32 Å². The molecule has 0 radical (unpaired) electrons. The van der Waals surface area contributed by atoms with Crippen LogP contribution in [0.4, 0.5) is 0 Å². The fourth-order valence-electron chi connectivity index (χ4n) is 3.35. The Morgan fingerprint density at radius 1 is 1.40 bits per heavy atom. The zero-order valence-electron chi connectivity index (χ0n) is 12.0. The smallest absolute Gasteiger partial charge is 0.241 e. The van der Waals surface area contributed by atoms with Gasteiger partial charge in [-0.15, -0.1) is 0 Å². The van der Waals surface area contributed by atoms with E-state index in [1.807, 2.05) is 24.3 Å². The van der Waals surface area contributed by atoms with Crippen LogP contribution in [-0.2, 0) is 4.79 Å². The molecule has 3 nitrogen and oxygen atoms in total. The second kappa shape index (κ2) is 5.38. The van der Waals surface area contributed by atoms with E-state index in [2.05, 4.69) is 24.1 Å². The van der Waals surface area contributed by atoms with E-state index >= 15 is 0 Å². The second-order valence-corrected chi connectivity index (χ2v) is 6.50. The van der Waals surface area contributed by atoms with Gasteiger partial charge in [0.2, 0.25) is 5.91 Å². The summed E-state index contributed by atoms with van der Waals surface area (Å²) in [6.45, 7) is 4.30. The van der Waals surface area contributed by atoms with Gasteiger partial charge in [0.15, 0.2) is 0 Å². The summed E-state index contributed by atoms with van der Waals surface area (Å²) >= 11 is 6.10. The van der Waals surface area contributed by atoms with Gasteiger partial charge in [0.1, 0.15) is 6.17 Å². The maximum atomic E-state index is 12.6. The summed E-state index contributed by atoms with van der Waals surface area (Å²) in [7, 11) is 0. The Labute approximate surface area is 125 Å². The summed E-state index contributed by atoms with van der Waals surface area (Å²) in [5.41, 5.74) is 1.08. The number of halogens is 1. The van der Waals surface area contributed by atoms with E-state index in [-0.39, 0.29) is 18.1 Å². The minimum absolute atomic E-state index is 0.0244. The summed E-state index contributed by atoms with van der Waals surface area (Å²) in [6.07, 6.45) is 3.03. The van der Waals surface area contributed by atoms with Crippen LogP contribution in [0.25, 0.3) is 0 Å². The highest BCUT2D eigenvalue weighted by molar-refractivity contribution is 6.30. The third kappa shape index (κ3) is 2.33. The number of amides is 1. The molecule has 1 heterocycles. The van der Waals surface area contributed by atoms with Crippen LogP contribution in [0.15, 0.2) is 24.3 Å². The lowest BCUT2D eigenvalue weighted by Crippen LogP contribution is -2.47. The number of carbonyl (C=O) groups is 1. The molecule has 1 aromatic rings. The van der Waals surface area contributed by atoms with E-state index in [1.165, 1.54) is 0 Å². The largest absolute Gasteiger partial charge is 0.319 e. The van der Waals surface area contributed by atoms with Crippen LogP contribution in [0.1, 0.15) is 44.8 Å². The maximum Gasteiger partial charge on any atom is 0.241 e. The third-order valence-electron chi connectivity index (χ3n) is 4.50. The van der Waals surface area contributed by atoms with Crippen LogP contribution in [0.5, 0.6) is 0 Å². The van der Waals surface area contributed by atoms with E-state index in [0.717, 1.165) is 35.8 Å². The van der Waals surface area contributed by atoms with Crippen LogP contribution in [-0.4, -0.2) is 22.9 Å². The lowest BCUT2D eigenvalue weighted by molar-refractivity contribution is -0.135. The summed E-state index contributed by atoms with van der Waals surface area (Å²) in [5, 5.41) is 4.19. The molecule has 2 aliphatic rings. The predicted octanol–water partition coefficient (Wildman–Crippen LogP) is 3.35. The van der Waals surface area contributed by atoms with E-state index < -0.39 is 0 Å². The molecule has 20 heavy (non-hydrogen) atoms. The average molecular weight is 293 g/mol. The molecule has 2 unspecified atom stereocenters. The average Bonchev–Trinajstić information content (AvgIpc) is 2.72. The Morgan fingerprint density at radius 2 is 2.15 bits per heavy atom. The molecule has 1 aromatic carbocycles. The van der Waals surface area contributed by atoms with Crippen molar-refractivity contribution in [3.05, 3.63) is 34.9 Å². The molecule has 1 aliphatic heterocycles. The number of carbonyl (C=O) groups excluding carboxylic acids is 1. The molecule has 1 saturated carbocycles. The lowest BCUT2D eigenvalue weighted by atomic mass is 9.80.